The topological polar surface area (TPSA) is 37.3 Å². The van der Waals surface area contributed by atoms with Gasteiger partial charge in [0.25, 0.3) is 0 Å². The zero-order valence-electron chi connectivity index (χ0n) is 11.1. The number of aliphatic carboxylic acids is 1. The molecular formula is C14H5F7O2. The summed E-state index contributed by atoms with van der Waals surface area (Å²) in [4.78, 5) is 10.7. The van der Waals surface area contributed by atoms with Crippen molar-refractivity contribution in [2.45, 2.75) is 6.92 Å². The summed E-state index contributed by atoms with van der Waals surface area (Å²) >= 11 is 0. The molecule has 0 aliphatic heterocycles. The molecule has 0 heterocycles. The molecule has 0 saturated heterocycles. The van der Waals surface area contributed by atoms with E-state index in [9.17, 15) is 35.5 Å². The van der Waals surface area contributed by atoms with Crippen molar-refractivity contribution < 1.29 is 40.6 Å². The van der Waals surface area contributed by atoms with Crippen LogP contribution in [0, 0.1) is 40.7 Å². The summed E-state index contributed by atoms with van der Waals surface area (Å²) in [5, 5.41) is 5.58. The molecule has 0 unspecified atom stereocenters. The predicted molar refractivity (Wildman–Crippen MR) is 64.9 cm³/mol. The number of rotatable bonds is 2. The van der Waals surface area contributed by atoms with E-state index in [0.29, 0.717) is 6.08 Å². The van der Waals surface area contributed by atoms with Crippen molar-refractivity contribution in [3.05, 3.63) is 51.9 Å². The summed E-state index contributed by atoms with van der Waals surface area (Å²) in [5.74, 6) is -17.5. The fraction of sp³-hybridized carbons (Fsp3) is 0.0714. The molecule has 1 N–H and O–H groups in total. The predicted octanol–water partition coefficient (Wildman–Crippen LogP) is 4.30. The van der Waals surface area contributed by atoms with Gasteiger partial charge in [-0.05, 0) is 13.0 Å². The van der Waals surface area contributed by atoms with Gasteiger partial charge in [-0.3, -0.25) is 0 Å². The van der Waals surface area contributed by atoms with Crippen LogP contribution in [0.5, 0.6) is 0 Å². The Morgan fingerprint density at radius 3 is 1.57 bits per heavy atom. The van der Waals surface area contributed by atoms with Crippen molar-refractivity contribution >= 4 is 22.8 Å². The molecule has 0 fully saturated rings. The molecule has 0 amide bonds. The summed E-state index contributed by atoms with van der Waals surface area (Å²) in [5.41, 5.74) is -1.92. The minimum absolute atomic E-state index is 0.350. The molecule has 0 aliphatic rings. The number of carboxylic acid groups (broad SMARTS) is 1. The zero-order valence-corrected chi connectivity index (χ0v) is 11.1. The van der Waals surface area contributed by atoms with Crippen LogP contribution in [0.25, 0.3) is 16.8 Å². The maximum atomic E-state index is 13.8. The van der Waals surface area contributed by atoms with Crippen LogP contribution in [-0.4, -0.2) is 11.1 Å². The first-order valence-electron chi connectivity index (χ1n) is 5.83. The lowest BCUT2D eigenvalue weighted by Gasteiger charge is -2.11. The highest BCUT2D eigenvalue weighted by Crippen LogP contribution is 2.35. The molecule has 2 nitrogen and oxygen atoms in total. The number of hydrogen-bond donors (Lipinski definition) is 1. The van der Waals surface area contributed by atoms with E-state index >= 15 is 0 Å². The largest absolute Gasteiger partial charge is 0.478 e. The maximum absolute atomic E-state index is 13.8. The minimum Gasteiger partial charge on any atom is -0.478 e. The van der Waals surface area contributed by atoms with Gasteiger partial charge in [0.05, 0.1) is 5.39 Å². The van der Waals surface area contributed by atoms with Gasteiger partial charge in [-0.2, -0.15) is 0 Å². The van der Waals surface area contributed by atoms with Crippen molar-refractivity contribution in [3.63, 3.8) is 0 Å². The van der Waals surface area contributed by atoms with Crippen molar-refractivity contribution in [1.82, 2.24) is 0 Å². The molecule has 122 valence electrons. The van der Waals surface area contributed by atoms with E-state index < -0.39 is 68.6 Å². The summed E-state index contributed by atoms with van der Waals surface area (Å²) in [6, 6.07) is 0. The van der Waals surface area contributed by atoms with Gasteiger partial charge in [0.15, 0.2) is 40.7 Å². The molecule has 0 radical (unpaired) electrons. The Morgan fingerprint density at radius 1 is 0.739 bits per heavy atom. The Bertz CT molecular complexity index is 879. The van der Waals surface area contributed by atoms with Crippen molar-refractivity contribution in [2.75, 3.05) is 0 Å². The second kappa shape index (κ2) is 5.56. The Labute approximate surface area is 123 Å². The fourth-order valence-corrected chi connectivity index (χ4v) is 1.94. The van der Waals surface area contributed by atoms with Gasteiger partial charge < -0.3 is 5.11 Å². The highest BCUT2D eigenvalue weighted by atomic mass is 19.2. The zero-order chi connectivity index (χ0) is 17.6. The second-order valence-corrected chi connectivity index (χ2v) is 4.49. The Hall–Kier alpha value is -2.58. The molecule has 0 aliphatic carbocycles. The van der Waals surface area contributed by atoms with Crippen LogP contribution in [0.15, 0.2) is 5.57 Å². The third-order valence-corrected chi connectivity index (χ3v) is 3.08. The third-order valence-electron chi connectivity index (χ3n) is 3.08. The number of hydrogen-bond acceptors (Lipinski definition) is 1. The number of benzene rings is 2. The molecule has 0 aromatic heterocycles. The lowest BCUT2D eigenvalue weighted by Crippen LogP contribution is -2.07. The Balaban J connectivity index is 3.15. The molecule has 0 bridgehead atoms. The fourth-order valence-electron chi connectivity index (χ4n) is 1.94. The van der Waals surface area contributed by atoms with Gasteiger partial charge in [0.2, 0.25) is 0 Å². The normalized spacial score (nSPS) is 12.1. The summed E-state index contributed by atoms with van der Waals surface area (Å²) in [7, 11) is 0. The smallest absolute Gasteiger partial charge is 0.331 e. The number of fused-ring (bicyclic) bond motifs is 1. The molecule has 0 spiro atoms. The van der Waals surface area contributed by atoms with Crippen LogP contribution in [-0.2, 0) is 4.79 Å². The molecule has 2 aromatic carbocycles. The number of halogens is 7. The Kier molecular flexibility index (Phi) is 4.06. The molecule has 0 saturated carbocycles. The first kappa shape index (κ1) is 16.8. The summed E-state index contributed by atoms with van der Waals surface area (Å²) in [6.07, 6.45) is 0.350. The van der Waals surface area contributed by atoms with Crippen LogP contribution >= 0.6 is 0 Å². The number of carboxylic acids is 1. The van der Waals surface area contributed by atoms with Crippen molar-refractivity contribution in [3.8, 4) is 0 Å². The first-order valence-corrected chi connectivity index (χ1v) is 5.83. The monoisotopic (exact) mass is 338 g/mol. The summed E-state index contributed by atoms with van der Waals surface area (Å²) < 4.78 is 94.9. The van der Waals surface area contributed by atoms with E-state index in [1.165, 1.54) is 0 Å². The van der Waals surface area contributed by atoms with Gasteiger partial charge in [-0.25, -0.2) is 35.5 Å². The van der Waals surface area contributed by atoms with E-state index in [1.807, 2.05) is 0 Å². The summed E-state index contributed by atoms with van der Waals surface area (Å²) in [6.45, 7) is 0.892. The second-order valence-electron chi connectivity index (χ2n) is 4.49. The van der Waals surface area contributed by atoms with E-state index in [1.54, 1.807) is 0 Å². The van der Waals surface area contributed by atoms with Gasteiger partial charge in [0, 0.05) is 16.5 Å². The van der Waals surface area contributed by atoms with Crippen LogP contribution in [0.4, 0.5) is 30.7 Å². The van der Waals surface area contributed by atoms with Crippen LogP contribution in [0.3, 0.4) is 0 Å². The Morgan fingerprint density at radius 2 is 1.13 bits per heavy atom. The van der Waals surface area contributed by atoms with Crippen molar-refractivity contribution in [2.24, 2.45) is 0 Å². The minimum atomic E-state index is -2.41. The van der Waals surface area contributed by atoms with Gasteiger partial charge in [-0.1, -0.05) is 0 Å². The van der Waals surface area contributed by atoms with Gasteiger partial charge in [0.1, 0.15) is 0 Å². The first-order chi connectivity index (χ1) is 10.6. The maximum Gasteiger partial charge on any atom is 0.331 e. The van der Waals surface area contributed by atoms with E-state index in [-0.39, 0.29) is 0 Å². The average Bonchev–Trinajstić information content (AvgIpc) is 2.50. The van der Waals surface area contributed by atoms with Gasteiger partial charge >= 0.3 is 5.97 Å². The van der Waals surface area contributed by atoms with Crippen LogP contribution < -0.4 is 0 Å². The average molecular weight is 338 g/mol. The number of carbonyl (C=O) groups is 1. The molecule has 23 heavy (non-hydrogen) atoms. The molecular weight excluding hydrogens is 333 g/mol. The quantitative estimate of drug-likeness (QED) is 0.384. The molecule has 9 heteroatoms. The standard InChI is InChI=1S/C14H5F7O2/c1-3(14(22)23)2-4-5-6(9(17)11(19)7(4)15)10(18)13(21)12(20)8(5)16/h2H,1H3,(H,22,23). The van der Waals surface area contributed by atoms with E-state index in [2.05, 4.69) is 0 Å². The van der Waals surface area contributed by atoms with Crippen LogP contribution in [0.2, 0.25) is 0 Å². The highest BCUT2D eigenvalue weighted by Gasteiger charge is 2.29. The lowest BCUT2D eigenvalue weighted by molar-refractivity contribution is -0.132. The highest BCUT2D eigenvalue weighted by molar-refractivity contribution is 5.98. The lowest BCUT2D eigenvalue weighted by atomic mass is 9.99. The molecule has 2 rings (SSSR count). The molecule has 2 aromatic rings. The van der Waals surface area contributed by atoms with Gasteiger partial charge in [-0.15, -0.1) is 0 Å². The van der Waals surface area contributed by atoms with Crippen molar-refractivity contribution in [1.29, 1.82) is 0 Å². The van der Waals surface area contributed by atoms with Crippen LogP contribution in [0.1, 0.15) is 12.5 Å². The molecule has 0 atom stereocenters. The van der Waals surface area contributed by atoms with E-state index in [0.717, 1.165) is 6.92 Å². The SMILES string of the molecule is CC(=Cc1c(F)c(F)c(F)c2c(F)c(F)c(F)c(F)c12)C(=O)O. The third kappa shape index (κ3) is 2.41. The van der Waals surface area contributed by atoms with E-state index in [4.69, 9.17) is 5.11 Å².